The average molecular weight is 226 g/mol. The summed E-state index contributed by atoms with van der Waals surface area (Å²) in [6, 6.07) is 0. The number of nitrogens with one attached hydrogen (secondary N) is 2. The van der Waals surface area contributed by atoms with Crippen LogP contribution in [0.25, 0.3) is 0 Å². The van der Waals surface area contributed by atoms with Gasteiger partial charge < -0.3 is 9.84 Å². The van der Waals surface area contributed by atoms with Gasteiger partial charge in [-0.25, -0.2) is 10.8 Å². The van der Waals surface area contributed by atoms with Crippen LogP contribution >= 0.6 is 0 Å². The highest BCUT2D eigenvalue weighted by atomic mass is 16.5. The van der Waals surface area contributed by atoms with Crippen LogP contribution in [0.3, 0.4) is 0 Å². The standard InChI is InChI=1S/C9H18N6O/c1-6(2)4-11-9(14-10)12-5-8-13-7(3)15-16-8/h6H,4-5,10H2,1-3H3,(H2,11,12,14). The zero-order valence-corrected chi connectivity index (χ0v) is 9.82. The smallest absolute Gasteiger partial charge is 0.248 e. The molecule has 0 saturated carbocycles. The quantitative estimate of drug-likeness (QED) is 0.288. The molecule has 0 aromatic carbocycles. The maximum absolute atomic E-state index is 5.32. The summed E-state index contributed by atoms with van der Waals surface area (Å²) in [6.07, 6.45) is 0. The summed E-state index contributed by atoms with van der Waals surface area (Å²) in [5, 5.41) is 6.74. The number of rotatable bonds is 4. The molecule has 90 valence electrons. The van der Waals surface area contributed by atoms with Crippen molar-refractivity contribution in [1.29, 1.82) is 0 Å². The lowest BCUT2D eigenvalue weighted by atomic mass is 10.2. The summed E-state index contributed by atoms with van der Waals surface area (Å²) in [6.45, 7) is 7.07. The first-order chi connectivity index (χ1) is 7.61. The van der Waals surface area contributed by atoms with E-state index < -0.39 is 0 Å². The van der Waals surface area contributed by atoms with Crippen molar-refractivity contribution in [3.8, 4) is 0 Å². The summed E-state index contributed by atoms with van der Waals surface area (Å²) < 4.78 is 4.92. The van der Waals surface area contributed by atoms with Crippen LogP contribution in [0.2, 0.25) is 0 Å². The molecule has 7 heteroatoms. The Bertz CT molecular complexity index is 346. The highest BCUT2D eigenvalue weighted by Crippen LogP contribution is 1.97. The van der Waals surface area contributed by atoms with Crippen molar-refractivity contribution in [2.24, 2.45) is 16.8 Å². The molecule has 0 amide bonds. The molecule has 16 heavy (non-hydrogen) atoms. The van der Waals surface area contributed by atoms with E-state index in [1.165, 1.54) is 0 Å². The van der Waals surface area contributed by atoms with Crippen LogP contribution in [0.1, 0.15) is 25.6 Å². The molecular weight excluding hydrogens is 208 g/mol. The fourth-order valence-corrected chi connectivity index (χ4v) is 1.00. The summed E-state index contributed by atoms with van der Waals surface area (Å²) in [7, 11) is 0. The van der Waals surface area contributed by atoms with Crippen molar-refractivity contribution in [3.63, 3.8) is 0 Å². The number of aromatic nitrogens is 2. The van der Waals surface area contributed by atoms with Gasteiger partial charge in [0.25, 0.3) is 0 Å². The van der Waals surface area contributed by atoms with E-state index >= 15 is 0 Å². The number of guanidine groups is 1. The van der Waals surface area contributed by atoms with Crippen molar-refractivity contribution < 1.29 is 4.52 Å². The maximum Gasteiger partial charge on any atom is 0.248 e. The average Bonchev–Trinajstić information content (AvgIpc) is 2.64. The van der Waals surface area contributed by atoms with Crippen LogP contribution in [0.4, 0.5) is 0 Å². The first-order valence-electron chi connectivity index (χ1n) is 5.16. The molecule has 0 spiro atoms. The predicted molar refractivity (Wildman–Crippen MR) is 60.3 cm³/mol. The summed E-state index contributed by atoms with van der Waals surface area (Å²) in [5.41, 5.74) is 2.48. The fraction of sp³-hybridized carbons (Fsp3) is 0.667. The number of aryl methyl sites for hydroxylation is 1. The second kappa shape index (κ2) is 6.06. The molecule has 1 rings (SSSR count). The van der Waals surface area contributed by atoms with Crippen molar-refractivity contribution in [2.75, 3.05) is 6.54 Å². The number of hydrogen-bond acceptors (Lipinski definition) is 5. The molecule has 4 N–H and O–H groups in total. The van der Waals surface area contributed by atoms with Crippen LogP contribution in [0.15, 0.2) is 9.52 Å². The van der Waals surface area contributed by atoms with Gasteiger partial charge in [-0.15, -0.1) is 0 Å². The van der Waals surface area contributed by atoms with Gasteiger partial charge in [-0.3, -0.25) is 5.43 Å². The van der Waals surface area contributed by atoms with Crippen molar-refractivity contribution >= 4 is 5.96 Å². The van der Waals surface area contributed by atoms with E-state index in [-0.39, 0.29) is 0 Å². The molecule has 1 heterocycles. The molecule has 7 nitrogen and oxygen atoms in total. The Morgan fingerprint density at radius 1 is 1.56 bits per heavy atom. The molecule has 0 saturated heterocycles. The molecule has 0 unspecified atom stereocenters. The Labute approximate surface area is 94.5 Å². The van der Waals surface area contributed by atoms with Crippen LogP contribution in [-0.2, 0) is 6.54 Å². The number of hydrogen-bond donors (Lipinski definition) is 3. The first-order valence-corrected chi connectivity index (χ1v) is 5.16. The van der Waals surface area contributed by atoms with Gasteiger partial charge in [0.15, 0.2) is 5.82 Å². The molecule has 0 fully saturated rings. The van der Waals surface area contributed by atoms with E-state index in [0.29, 0.717) is 30.1 Å². The van der Waals surface area contributed by atoms with E-state index in [4.69, 9.17) is 10.4 Å². The van der Waals surface area contributed by atoms with E-state index in [1.54, 1.807) is 6.92 Å². The second-order valence-electron chi connectivity index (χ2n) is 3.82. The minimum Gasteiger partial charge on any atom is -0.355 e. The van der Waals surface area contributed by atoms with Gasteiger partial charge in [0.1, 0.15) is 6.54 Å². The van der Waals surface area contributed by atoms with E-state index in [2.05, 4.69) is 39.7 Å². The van der Waals surface area contributed by atoms with Gasteiger partial charge in [0.05, 0.1) is 0 Å². The van der Waals surface area contributed by atoms with E-state index in [0.717, 1.165) is 6.54 Å². The zero-order valence-electron chi connectivity index (χ0n) is 9.82. The van der Waals surface area contributed by atoms with Crippen LogP contribution in [0.5, 0.6) is 0 Å². The van der Waals surface area contributed by atoms with Crippen LogP contribution < -0.4 is 16.6 Å². The SMILES string of the molecule is Cc1noc(CN=C(NN)NCC(C)C)n1. The molecule has 0 atom stereocenters. The minimum absolute atomic E-state index is 0.311. The van der Waals surface area contributed by atoms with Gasteiger partial charge >= 0.3 is 0 Å². The zero-order chi connectivity index (χ0) is 12.0. The molecule has 1 aromatic rings. The van der Waals surface area contributed by atoms with Gasteiger partial charge in [0.2, 0.25) is 11.9 Å². The first kappa shape index (κ1) is 12.4. The number of nitrogens with two attached hydrogens (primary N) is 1. The lowest BCUT2D eigenvalue weighted by Crippen LogP contribution is -2.42. The monoisotopic (exact) mass is 226 g/mol. The molecule has 0 aliphatic carbocycles. The van der Waals surface area contributed by atoms with Gasteiger partial charge in [-0.2, -0.15) is 4.98 Å². The van der Waals surface area contributed by atoms with Crippen LogP contribution in [-0.4, -0.2) is 22.6 Å². The van der Waals surface area contributed by atoms with Crippen LogP contribution in [0, 0.1) is 12.8 Å². The Hall–Kier alpha value is -1.63. The third-order valence-corrected chi connectivity index (χ3v) is 1.76. The molecular formula is C9H18N6O. The number of aliphatic imine (C=N–C) groups is 1. The Morgan fingerprint density at radius 2 is 2.31 bits per heavy atom. The Balaban J connectivity index is 2.46. The summed E-state index contributed by atoms with van der Waals surface area (Å²) >= 11 is 0. The number of hydrazine groups is 1. The van der Waals surface area contributed by atoms with Crippen molar-refractivity contribution in [3.05, 3.63) is 11.7 Å². The second-order valence-corrected chi connectivity index (χ2v) is 3.82. The van der Waals surface area contributed by atoms with Crippen molar-refractivity contribution in [2.45, 2.75) is 27.3 Å². The topological polar surface area (TPSA) is 101 Å². The Kier molecular flexibility index (Phi) is 4.71. The Morgan fingerprint density at radius 3 is 2.81 bits per heavy atom. The lowest BCUT2D eigenvalue weighted by Gasteiger charge is -2.10. The van der Waals surface area contributed by atoms with E-state index in [1.807, 2.05) is 0 Å². The largest absolute Gasteiger partial charge is 0.355 e. The lowest BCUT2D eigenvalue weighted by molar-refractivity contribution is 0.376. The highest BCUT2D eigenvalue weighted by Gasteiger charge is 2.02. The predicted octanol–water partition coefficient (Wildman–Crippen LogP) is -0.0571. The molecule has 0 bridgehead atoms. The molecule has 1 aromatic heterocycles. The third-order valence-electron chi connectivity index (χ3n) is 1.76. The number of nitrogens with zero attached hydrogens (tertiary/aromatic N) is 3. The molecule has 0 aliphatic heterocycles. The van der Waals surface area contributed by atoms with Crippen molar-refractivity contribution in [1.82, 2.24) is 20.9 Å². The molecule has 0 radical (unpaired) electrons. The van der Waals surface area contributed by atoms with Gasteiger partial charge in [-0.1, -0.05) is 19.0 Å². The van der Waals surface area contributed by atoms with E-state index in [9.17, 15) is 0 Å². The minimum atomic E-state index is 0.311. The maximum atomic E-state index is 5.32. The summed E-state index contributed by atoms with van der Waals surface area (Å²) in [5.74, 6) is 7.42. The summed E-state index contributed by atoms with van der Waals surface area (Å²) in [4.78, 5) is 8.20. The highest BCUT2D eigenvalue weighted by molar-refractivity contribution is 5.79. The fourth-order valence-electron chi connectivity index (χ4n) is 1.00. The normalized spacial score (nSPS) is 11.9. The molecule has 0 aliphatic rings. The third kappa shape index (κ3) is 4.26. The van der Waals surface area contributed by atoms with Gasteiger partial charge in [0, 0.05) is 6.54 Å². The van der Waals surface area contributed by atoms with Gasteiger partial charge in [-0.05, 0) is 12.8 Å².